The van der Waals surface area contributed by atoms with E-state index in [-0.39, 0.29) is 11.6 Å². The Morgan fingerprint density at radius 3 is 2.59 bits per heavy atom. The summed E-state index contributed by atoms with van der Waals surface area (Å²) in [5.74, 6) is 0. The average molecular weight is 229 g/mol. The van der Waals surface area contributed by atoms with Gasteiger partial charge in [0, 0.05) is 23.8 Å². The normalized spacial score (nSPS) is 23.2. The molecule has 1 saturated heterocycles. The second kappa shape index (κ2) is 4.38. The summed E-state index contributed by atoms with van der Waals surface area (Å²) in [4.78, 5) is 2.35. The predicted molar refractivity (Wildman–Crippen MR) is 69.8 cm³/mol. The molecule has 1 atom stereocenters. The molecule has 17 heavy (non-hydrogen) atoms. The van der Waals surface area contributed by atoms with Crippen LogP contribution in [0.3, 0.4) is 0 Å². The Morgan fingerprint density at radius 2 is 2.00 bits per heavy atom. The summed E-state index contributed by atoms with van der Waals surface area (Å²) < 4.78 is 0. The van der Waals surface area contributed by atoms with Gasteiger partial charge in [0.2, 0.25) is 0 Å². The van der Waals surface area contributed by atoms with Crippen molar-refractivity contribution in [2.24, 2.45) is 5.73 Å². The number of nitrogens with zero attached hydrogens (tertiary/aromatic N) is 2. The molecule has 0 aromatic heterocycles. The number of nitriles is 1. The average Bonchev–Trinajstić information content (AvgIpc) is 2.33. The fourth-order valence-corrected chi connectivity index (χ4v) is 2.42. The molecule has 2 N–H and O–H groups in total. The van der Waals surface area contributed by atoms with Gasteiger partial charge in [-0.1, -0.05) is 0 Å². The van der Waals surface area contributed by atoms with E-state index < -0.39 is 0 Å². The Kier molecular flexibility index (Phi) is 3.08. The van der Waals surface area contributed by atoms with Gasteiger partial charge < -0.3 is 10.6 Å². The highest BCUT2D eigenvalue weighted by molar-refractivity contribution is 5.52. The monoisotopic (exact) mass is 229 g/mol. The molecular formula is C14H19N3. The highest BCUT2D eigenvalue weighted by atomic mass is 15.2. The van der Waals surface area contributed by atoms with Gasteiger partial charge in [-0.3, -0.25) is 0 Å². The Balaban J connectivity index is 2.27. The molecular weight excluding hydrogens is 210 g/mol. The summed E-state index contributed by atoms with van der Waals surface area (Å²) in [5, 5.41) is 8.80. The van der Waals surface area contributed by atoms with Gasteiger partial charge in [-0.15, -0.1) is 0 Å². The molecule has 0 saturated carbocycles. The number of piperidine rings is 1. The van der Waals surface area contributed by atoms with Crippen molar-refractivity contribution in [2.75, 3.05) is 11.4 Å². The molecule has 2 rings (SSSR count). The van der Waals surface area contributed by atoms with Crippen molar-refractivity contribution in [1.29, 1.82) is 5.26 Å². The third-order valence-corrected chi connectivity index (χ3v) is 3.58. The third kappa shape index (κ3) is 2.42. The Hall–Kier alpha value is -1.53. The van der Waals surface area contributed by atoms with Gasteiger partial charge in [-0.2, -0.15) is 5.26 Å². The molecule has 1 heterocycles. The van der Waals surface area contributed by atoms with Gasteiger partial charge in [0.25, 0.3) is 0 Å². The largest absolute Gasteiger partial charge is 0.365 e. The van der Waals surface area contributed by atoms with Crippen LogP contribution in [0.25, 0.3) is 0 Å². The first-order chi connectivity index (χ1) is 8.03. The van der Waals surface area contributed by atoms with Crippen molar-refractivity contribution in [1.82, 2.24) is 0 Å². The first kappa shape index (κ1) is 11.9. The zero-order valence-corrected chi connectivity index (χ0v) is 10.5. The first-order valence-electron chi connectivity index (χ1n) is 6.06. The van der Waals surface area contributed by atoms with Crippen LogP contribution in [0.5, 0.6) is 0 Å². The first-order valence-corrected chi connectivity index (χ1v) is 6.06. The predicted octanol–water partition coefficient (Wildman–Crippen LogP) is 2.26. The summed E-state index contributed by atoms with van der Waals surface area (Å²) in [7, 11) is 0. The van der Waals surface area contributed by atoms with Crippen molar-refractivity contribution in [3.8, 4) is 6.07 Å². The van der Waals surface area contributed by atoms with Gasteiger partial charge in [0.15, 0.2) is 0 Å². The molecule has 0 radical (unpaired) electrons. The highest BCUT2D eigenvalue weighted by Gasteiger charge is 2.32. The van der Waals surface area contributed by atoms with Crippen LogP contribution in [0.1, 0.15) is 32.3 Å². The zero-order valence-electron chi connectivity index (χ0n) is 10.5. The van der Waals surface area contributed by atoms with Crippen LogP contribution in [-0.2, 0) is 0 Å². The molecule has 1 aliphatic rings. The topological polar surface area (TPSA) is 53.0 Å². The smallest absolute Gasteiger partial charge is 0.0991 e. The lowest BCUT2D eigenvalue weighted by Crippen LogP contribution is -2.54. The fraction of sp³-hybridized carbons (Fsp3) is 0.500. The summed E-state index contributed by atoms with van der Waals surface area (Å²) in [6, 6.07) is 10.1. The van der Waals surface area contributed by atoms with Gasteiger partial charge in [0.1, 0.15) is 0 Å². The summed E-state index contributed by atoms with van der Waals surface area (Å²) in [6.45, 7) is 5.38. The minimum absolute atomic E-state index is 0.143. The van der Waals surface area contributed by atoms with Crippen LogP contribution in [0, 0.1) is 11.3 Å². The molecule has 0 spiro atoms. The summed E-state index contributed by atoms with van der Waals surface area (Å²) in [5.41, 5.74) is 8.05. The summed E-state index contributed by atoms with van der Waals surface area (Å²) >= 11 is 0. The number of hydrogen-bond acceptors (Lipinski definition) is 3. The quantitative estimate of drug-likeness (QED) is 0.803. The molecule has 1 aromatic rings. The lowest BCUT2D eigenvalue weighted by atomic mass is 9.88. The lowest BCUT2D eigenvalue weighted by molar-refractivity contribution is 0.335. The highest BCUT2D eigenvalue weighted by Crippen LogP contribution is 2.32. The fourth-order valence-electron chi connectivity index (χ4n) is 2.42. The van der Waals surface area contributed by atoms with Gasteiger partial charge in [-0.25, -0.2) is 0 Å². The minimum atomic E-state index is 0.143. The molecule has 1 unspecified atom stereocenters. The molecule has 0 bridgehead atoms. The van der Waals surface area contributed by atoms with Crippen molar-refractivity contribution in [3.63, 3.8) is 0 Å². The second-order valence-corrected chi connectivity index (χ2v) is 5.38. The van der Waals surface area contributed by atoms with E-state index in [9.17, 15) is 0 Å². The molecule has 90 valence electrons. The zero-order chi connectivity index (χ0) is 12.5. The van der Waals surface area contributed by atoms with Crippen LogP contribution >= 0.6 is 0 Å². The van der Waals surface area contributed by atoms with Crippen LogP contribution in [0.15, 0.2) is 24.3 Å². The lowest BCUT2D eigenvalue weighted by Gasteiger charge is -2.46. The molecule has 3 heteroatoms. The third-order valence-electron chi connectivity index (χ3n) is 3.58. The van der Waals surface area contributed by atoms with Crippen LogP contribution < -0.4 is 10.6 Å². The SMILES string of the molecule is CC1(C)CCC(N)CN1c1ccc(C#N)cc1. The van der Waals surface area contributed by atoms with Crippen LogP contribution in [0.4, 0.5) is 5.69 Å². The number of rotatable bonds is 1. The number of hydrogen-bond donors (Lipinski definition) is 1. The maximum atomic E-state index is 8.80. The van der Waals surface area contributed by atoms with Crippen molar-refractivity contribution in [3.05, 3.63) is 29.8 Å². The maximum Gasteiger partial charge on any atom is 0.0991 e. The van der Waals surface area contributed by atoms with Gasteiger partial charge in [-0.05, 0) is 51.0 Å². The Morgan fingerprint density at radius 1 is 1.35 bits per heavy atom. The maximum absolute atomic E-state index is 8.80. The molecule has 1 fully saturated rings. The van der Waals surface area contributed by atoms with Crippen molar-refractivity contribution >= 4 is 5.69 Å². The van der Waals surface area contributed by atoms with E-state index in [1.807, 2.05) is 24.3 Å². The summed E-state index contributed by atoms with van der Waals surface area (Å²) in [6.07, 6.45) is 2.19. The van der Waals surface area contributed by atoms with Crippen molar-refractivity contribution in [2.45, 2.75) is 38.3 Å². The van der Waals surface area contributed by atoms with Gasteiger partial charge >= 0.3 is 0 Å². The Bertz CT molecular complexity index is 428. The van der Waals surface area contributed by atoms with E-state index >= 15 is 0 Å². The molecule has 1 aromatic carbocycles. The molecule has 3 nitrogen and oxygen atoms in total. The van der Waals surface area contributed by atoms with E-state index in [1.165, 1.54) is 0 Å². The minimum Gasteiger partial charge on any atom is -0.365 e. The van der Waals surface area contributed by atoms with Gasteiger partial charge in [0.05, 0.1) is 11.6 Å². The molecule has 1 aliphatic heterocycles. The Labute approximate surface area is 103 Å². The number of benzene rings is 1. The second-order valence-electron chi connectivity index (χ2n) is 5.38. The standard InChI is InChI=1S/C14H19N3/c1-14(2)8-7-12(16)10-17(14)13-5-3-11(9-15)4-6-13/h3-6,12H,7-8,10,16H2,1-2H3. The van der Waals surface area contributed by atoms with Crippen LogP contribution in [-0.4, -0.2) is 18.1 Å². The van der Waals surface area contributed by atoms with E-state index in [4.69, 9.17) is 11.0 Å². The van der Waals surface area contributed by atoms with E-state index in [1.54, 1.807) is 0 Å². The molecule has 0 aliphatic carbocycles. The van der Waals surface area contributed by atoms with Crippen LogP contribution in [0.2, 0.25) is 0 Å². The van der Waals surface area contributed by atoms with E-state index in [0.717, 1.165) is 25.1 Å². The molecule has 0 amide bonds. The van der Waals surface area contributed by atoms with E-state index in [2.05, 4.69) is 24.8 Å². The van der Waals surface area contributed by atoms with Crippen molar-refractivity contribution < 1.29 is 0 Å². The van der Waals surface area contributed by atoms with E-state index in [0.29, 0.717) is 5.56 Å². The number of anilines is 1. The number of nitrogens with two attached hydrogens (primary N) is 1.